The monoisotopic (exact) mass is 197 g/mol. The highest BCUT2D eigenvalue weighted by molar-refractivity contribution is 5.75. The van der Waals surface area contributed by atoms with Crippen LogP contribution in [0.1, 0.15) is 38.5 Å². The Morgan fingerprint density at radius 3 is 2.79 bits per heavy atom. The molecule has 2 aliphatic rings. The van der Waals surface area contributed by atoms with Crippen LogP contribution in [-0.2, 0) is 4.79 Å². The van der Waals surface area contributed by atoms with Crippen molar-refractivity contribution in [2.45, 2.75) is 38.5 Å². The zero-order chi connectivity index (χ0) is 10.0. The number of nitrogens with one attached hydrogen (secondary N) is 1. The Morgan fingerprint density at radius 2 is 2.29 bits per heavy atom. The molecule has 1 saturated carbocycles. The number of carboxylic acids is 1. The number of carboxylic acid groups (broad SMARTS) is 1. The van der Waals surface area contributed by atoms with E-state index in [9.17, 15) is 9.90 Å². The number of rotatable bonds is 4. The van der Waals surface area contributed by atoms with Crippen LogP contribution in [0.25, 0.3) is 0 Å². The minimum absolute atomic E-state index is 0.444. The topological polar surface area (TPSA) is 49.3 Å². The largest absolute Gasteiger partial charge is 0.481 e. The maximum atomic E-state index is 11.3. The first-order chi connectivity index (χ1) is 6.73. The zero-order valence-corrected chi connectivity index (χ0v) is 8.59. The molecular weight excluding hydrogens is 178 g/mol. The van der Waals surface area contributed by atoms with Crippen molar-refractivity contribution in [2.24, 2.45) is 11.3 Å². The summed E-state index contributed by atoms with van der Waals surface area (Å²) < 4.78 is 0. The van der Waals surface area contributed by atoms with Gasteiger partial charge >= 0.3 is 5.97 Å². The van der Waals surface area contributed by atoms with Crippen LogP contribution in [0, 0.1) is 11.3 Å². The average Bonchev–Trinajstić information content (AvgIpc) is 2.99. The molecule has 2 rings (SSSR count). The van der Waals surface area contributed by atoms with Gasteiger partial charge in [0.2, 0.25) is 0 Å². The maximum Gasteiger partial charge on any atom is 0.310 e. The Hall–Kier alpha value is -0.570. The second-order valence-electron chi connectivity index (χ2n) is 4.85. The van der Waals surface area contributed by atoms with Crippen molar-refractivity contribution in [2.75, 3.05) is 13.1 Å². The first-order valence-electron chi connectivity index (χ1n) is 5.67. The molecule has 0 aromatic rings. The van der Waals surface area contributed by atoms with Crippen LogP contribution in [-0.4, -0.2) is 24.2 Å². The average molecular weight is 197 g/mol. The molecule has 3 heteroatoms. The summed E-state index contributed by atoms with van der Waals surface area (Å²) in [7, 11) is 0. The first kappa shape index (κ1) is 9.97. The Balaban J connectivity index is 1.92. The predicted molar refractivity (Wildman–Crippen MR) is 54.1 cm³/mol. The number of hydrogen-bond donors (Lipinski definition) is 2. The maximum absolute atomic E-state index is 11.3. The van der Waals surface area contributed by atoms with E-state index in [-0.39, 0.29) is 0 Å². The third-order valence-corrected chi connectivity index (χ3v) is 3.65. The molecule has 1 atom stereocenters. The summed E-state index contributed by atoms with van der Waals surface area (Å²) in [5.74, 6) is 0.249. The van der Waals surface area contributed by atoms with Crippen LogP contribution in [0.3, 0.4) is 0 Å². The predicted octanol–water partition coefficient (Wildman–Crippen LogP) is 1.63. The van der Waals surface area contributed by atoms with E-state index in [0.717, 1.165) is 38.1 Å². The molecule has 1 unspecified atom stereocenters. The van der Waals surface area contributed by atoms with Crippen molar-refractivity contribution in [3.05, 3.63) is 0 Å². The Kier molecular flexibility index (Phi) is 2.77. The van der Waals surface area contributed by atoms with Gasteiger partial charge in [0.15, 0.2) is 0 Å². The Morgan fingerprint density at radius 1 is 1.50 bits per heavy atom. The summed E-state index contributed by atoms with van der Waals surface area (Å²) in [6.07, 6.45) is 6.51. The van der Waals surface area contributed by atoms with E-state index in [1.807, 2.05) is 0 Å². The van der Waals surface area contributed by atoms with Crippen molar-refractivity contribution in [3.63, 3.8) is 0 Å². The smallest absolute Gasteiger partial charge is 0.310 e. The van der Waals surface area contributed by atoms with Gasteiger partial charge in [-0.05, 0) is 38.1 Å². The van der Waals surface area contributed by atoms with Crippen LogP contribution >= 0.6 is 0 Å². The molecule has 1 heterocycles. The van der Waals surface area contributed by atoms with Crippen LogP contribution < -0.4 is 5.32 Å². The molecular formula is C11H19NO2. The molecule has 0 aromatic heterocycles. The van der Waals surface area contributed by atoms with Gasteiger partial charge in [0.25, 0.3) is 0 Å². The fraction of sp³-hybridized carbons (Fsp3) is 0.909. The summed E-state index contributed by atoms with van der Waals surface area (Å²) in [6, 6.07) is 0. The van der Waals surface area contributed by atoms with Crippen molar-refractivity contribution < 1.29 is 9.90 Å². The lowest BCUT2D eigenvalue weighted by Crippen LogP contribution is -2.45. The van der Waals surface area contributed by atoms with Crippen molar-refractivity contribution >= 4 is 5.97 Å². The van der Waals surface area contributed by atoms with Crippen molar-refractivity contribution in [1.82, 2.24) is 5.32 Å². The molecule has 0 bridgehead atoms. The minimum atomic E-state index is -0.592. The van der Waals surface area contributed by atoms with Gasteiger partial charge in [-0.2, -0.15) is 0 Å². The summed E-state index contributed by atoms with van der Waals surface area (Å²) in [6.45, 7) is 1.66. The van der Waals surface area contributed by atoms with E-state index in [2.05, 4.69) is 5.32 Å². The lowest BCUT2D eigenvalue weighted by atomic mass is 9.76. The lowest BCUT2D eigenvalue weighted by molar-refractivity contribution is -0.150. The molecule has 1 saturated heterocycles. The second-order valence-corrected chi connectivity index (χ2v) is 4.85. The van der Waals surface area contributed by atoms with E-state index in [1.165, 1.54) is 12.8 Å². The van der Waals surface area contributed by atoms with E-state index in [4.69, 9.17) is 0 Å². The van der Waals surface area contributed by atoms with Gasteiger partial charge in [-0.1, -0.05) is 12.8 Å². The van der Waals surface area contributed by atoms with Gasteiger partial charge in [-0.15, -0.1) is 0 Å². The first-order valence-corrected chi connectivity index (χ1v) is 5.67. The van der Waals surface area contributed by atoms with Gasteiger partial charge in [0.1, 0.15) is 0 Å². The fourth-order valence-corrected chi connectivity index (χ4v) is 2.36. The molecule has 0 radical (unpaired) electrons. The number of carbonyl (C=O) groups is 1. The summed E-state index contributed by atoms with van der Waals surface area (Å²) in [5, 5.41) is 12.5. The molecule has 2 fully saturated rings. The molecule has 0 amide bonds. The molecule has 1 aliphatic heterocycles. The lowest BCUT2D eigenvalue weighted by Gasteiger charge is -2.33. The summed E-state index contributed by atoms with van der Waals surface area (Å²) in [5.41, 5.74) is -0.444. The van der Waals surface area contributed by atoms with Crippen molar-refractivity contribution in [3.8, 4) is 0 Å². The van der Waals surface area contributed by atoms with Gasteiger partial charge < -0.3 is 10.4 Å². The fourth-order valence-electron chi connectivity index (χ4n) is 2.36. The van der Waals surface area contributed by atoms with Crippen LogP contribution in [0.4, 0.5) is 0 Å². The molecule has 2 N–H and O–H groups in total. The van der Waals surface area contributed by atoms with E-state index in [1.54, 1.807) is 0 Å². The molecule has 80 valence electrons. The van der Waals surface area contributed by atoms with Gasteiger partial charge in [-0.3, -0.25) is 4.79 Å². The second kappa shape index (κ2) is 3.89. The van der Waals surface area contributed by atoms with E-state index >= 15 is 0 Å². The van der Waals surface area contributed by atoms with Crippen LogP contribution in [0.15, 0.2) is 0 Å². The van der Waals surface area contributed by atoms with Crippen molar-refractivity contribution in [1.29, 1.82) is 0 Å². The SMILES string of the molecule is O=C(O)C1(CCC2CC2)CCCNC1. The Labute approximate surface area is 84.9 Å². The highest BCUT2D eigenvalue weighted by Crippen LogP contribution is 2.40. The highest BCUT2D eigenvalue weighted by atomic mass is 16.4. The molecule has 1 aliphatic carbocycles. The van der Waals surface area contributed by atoms with E-state index in [0.29, 0.717) is 6.54 Å². The van der Waals surface area contributed by atoms with Gasteiger partial charge in [0, 0.05) is 6.54 Å². The summed E-state index contributed by atoms with van der Waals surface area (Å²) in [4.78, 5) is 11.3. The highest BCUT2D eigenvalue weighted by Gasteiger charge is 2.40. The number of piperidine rings is 1. The Bertz CT molecular complexity index is 217. The zero-order valence-electron chi connectivity index (χ0n) is 8.59. The third-order valence-electron chi connectivity index (χ3n) is 3.65. The normalized spacial score (nSPS) is 32.9. The molecule has 0 spiro atoms. The van der Waals surface area contributed by atoms with E-state index < -0.39 is 11.4 Å². The minimum Gasteiger partial charge on any atom is -0.481 e. The standard InChI is InChI=1S/C11H19NO2/c13-10(14)11(5-1-7-12-8-11)6-4-9-2-3-9/h9,12H,1-8H2,(H,13,14). The molecule has 14 heavy (non-hydrogen) atoms. The van der Waals surface area contributed by atoms with Gasteiger partial charge in [-0.25, -0.2) is 0 Å². The third kappa shape index (κ3) is 2.08. The van der Waals surface area contributed by atoms with Crippen LogP contribution in [0.5, 0.6) is 0 Å². The molecule has 3 nitrogen and oxygen atoms in total. The number of hydrogen-bond acceptors (Lipinski definition) is 2. The van der Waals surface area contributed by atoms with Gasteiger partial charge in [0.05, 0.1) is 5.41 Å². The molecule has 0 aromatic carbocycles. The van der Waals surface area contributed by atoms with Crippen LogP contribution in [0.2, 0.25) is 0 Å². The summed E-state index contributed by atoms with van der Waals surface area (Å²) >= 11 is 0. The quantitative estimate of drug-likeness (QED) is 0.720. The number of aliphatic carboxylic acids is 1.